The highest BCUT2D eigenvalue weighted by molar-refractivity contribution is 7.78. The van der Waals surface area contributed by atoms with Crippen LogP contribution >= 0.6 is 12.2 Å². The molecule has 0 aliphatic heterocycles. The summed E-state index contributed by atoms with van der Waals surface area (Å²) >= 11 is 4.51. The fourth-order valence-corrected chi connectivity index (χ4v) is 3.03. The molecule has 3 rings (SSSR count). The van der Waals surface area contributed by atoms with Crippen molar-refractivity contribution in [1.29, 1.82) is 0 Å². The van der Waals surface area contributed by atoms with Gasteiger partial charge in [0.25, 0.3) is 0 Å². The van der Waals surface area contributed by atoms with Gasteiger partial charge in [-0.3, -0.25) is 0 Å². The summed E-state index contributed by atoms with van der Waals surface area (Å²) in [5.74, 6) is -0.400. The maximum Gasteiger partial charge on any atom is 0.150 e. The second-order valence-corrected chi connectivity index (χ2v) is 6.19. The summed E-state index contributed by atoms with van der Waals surface area (Å²) < 4.78 is 13.9. The third-order valence-corrected chi connectivity index (χ3v) is 4.31. The number of fused-ring (bicyclic) bond motifs is 1. The molecule has 0 N–H and O–H groups in total. The predicted octanol–water partition coefficient (Wildman–Crippen LogP) is 6.64. The van der Waals surface area contributed by atoms with E-state index in [9.17, 15) is 4.39 Å². The smallest absolute Gasteiger partial charge is 0.150 e. The molecule has 0 saturated heterocycles. The average molecular weight is 347 g/mol. The molecule has 3 heteroatoms. The van der Waals surface area contributed by atoms with E-state index in [-0.39, 0.29) is 5.69 Å². The van der Waals surface area contributed by atoms with Crippen molar-refractivity contribution in [2.45, 2.75) is 19.3 Å². The number of halogens is 1. The molecular formula is C22H18FNS. The molecule has 0 fully saturated rings. The van der Waals surface area contributed by atoms with Crippen LogP contribution in [0.5, 0.6) is 0 Å². The maximum atomic E-state index is 13.9. The first-order valence-corrected chi connectivity index (χ1v) is 8.59. The normalized spacial score (nSPS) is 12.6. The lowest BCUT2D eigenvalue weighted by Gasteiger charge is -2.01. The van der Waals surface area contributed by atoms with Crippen LogP contribution in [0, 0.1) is 5.82 Å². The molecular weight excluding hydrogens is 329 g/mol. The Balaban J connectivity index is 1.77. The zero-order valence-electron chi connectivity index (χ0n) is 13.8. The molecule has 0 atom stereocenters. The van der Waals surface area contributed by atoms with Crippen LogP contribution in [-0.4, -0.2) is 5.16 Å². The first-order valence-electron chi connectivity index (χ1n) is 8.18. The second kappa shape index (κ2) is 7.98. The van der Waals surface area contributed by atoms with E-state index in [0.29, 0.717) is 0 Å². The lowest BCUT2D eigenvalue weighted by atomic mass is 10.0. The number of hydrogen-bond donors (Lipinski definition) is 0. The Bertz CT molecular complexity index is 918. The standard InChI is InChI=1S/C22H18FNS/c1-2-3-4-18-12-19-9-7-16(11-20(19)13-18)5-6-17-8-10-22(24-15-25)21(23)14-17/h2,5-11,13-14H,1,3-4,12H2/b6-5+. The second-order valence-electron chi connectivity index (χ2n) is 6.01. The van der Waals surface area contributed by atoms with Gasteiger partial charge in [-0.05, 0) is 71.9 Å². The monoisotopic (exact) mass is 347 g/mol. The first kappa shape index (κ1) is 17.2. The maximum absolute atomic E-state index is 13.9. The molecule has 0 aromatic heterocycles. The molecule has 0 unspecified atom stereocenters. The zero-order chi connectivity index (χ0) is 17.6. The van der Waals surface area contributed by atoms with E-state index in [2.05, 4.69) is 53.2 Å². The van der Waals surface area contributed by atoms with Crippen molar-refractivity contribution >= 4 is 41.3 Å². The Morgan fingerprint density at radius 1 is 1.16 bits per heavy atom. The number of aliphatic imine (C=N–C) groups is 1. The topological polar surface area (TPSA) is 12.4 Å². The number of nitrogens with zero attached hydrogens (tertiary/aromatic N) is 1. The lowest BCUT2D eigenvalue weighted by molar-refractivity contribution is 0.630. The van der Waals surface area contributed by atoms with Gasteiger partial charge in [-0.2, -0.15) is 4.99 Å². The third-order valence-electron chi connectivity index (χ3n) is 4.22. The van der Waals surface area contributed by atoms with Crippen LogP contribution in [-0.2, 0) is 6.42 Å². The molecule has 0 amide bonds. The summed E-state index contributed by atoms with van der Waals surface area (Å²) in [4.78, 5) is 3.69. The van der Waals surface area contributed by atoms with Gasteiger partial charge in [0.15, 0.2) is 0 Å². The first-order chi connectivity index (χ1) is 12.2. The Morgan fingerprint density at radius 2 is 1.92 bits per heavy atom. The molecule has 2 aromatic rings. The molecule has 0 heterocycles. The average Bonchev–Trinajstić information content (AvgIpc) is 3.02. The van der Waals surface area contributed by atoms with Gasteiger partial charge >= 0.3 is 0 Å². The van der Waals surface area contributed by atoms with Crippen LogP contribution in [0.25, 0.3) is 18.2 Å². The van der Waals surface area contributed by atoms with Gasteiger partial charge in [0, 0.05) is 0 Å². The number of benzene rings is 2. The Hall–Kier alpha value is -2.61. The molecule has 1 nitrogen and oxygen atoms in total. The number of isothiocyanates is 1. The summed E-state index contributed by atoms with van der Waals surface area (Å²) in [6.45, 7) is 3.78. The molecule has 0 spiro atoms. The van der Waals surface area contributed by atoms with Crippen LogP contribution in [0.4, 0.5) is 10.1 Å². The summed E-state index contributed by atoms with van der Waals surface area (Å²) in [5, 5.41) is 2.18. The number of rotatable bonds is 6. The van der Waals surface area contributed by atoms with Gasteiger partial charge in [0.1, 0.15) is 11.5 Å². The van der Waals surface area contributed by atoms with E-state index in [1.165, 1.54) is 22.8 Å². The Labute approximate surface area is 152 Å². The predicted molar refractivity (Wildman–Crippen MR) is 108 cm³/mol. The highest BCUT2D eigenvalue weighted by Gasteiger charge is 2.11. The molecule has 1 aliphatic carbocycles. The van der Waals surface area contributed by atoms with Crippen LogP contribution in [0.2, 0.25) is 0 Å². The fraction of sp³-hybridized carbons (Fsp3) is 0.136. The minimum atomic E-state index is -0.400. The lowest BCUT2D eigenvalue weighted by Crippen LogP contribution is -1.85. The van der Waals surface area contributed by atoms with E-state index in [1.54, 1.807) is 6.07 Å². The van der Waals surface area contributed by atoms with Crippen molar-refractivity contribution in [3.63, 3.8) is 0 Å². The highest BCUT2D eigenvalue weighted by Crippen LogP contribution is 2.29. The van der Waals surface area contributed by atoms with Gasteiger partial charge < -0.3 is 0 Å². The minimum absolute atomic E-state index is 0.210. The van der Waals surface area contributed by atoms with Crippen molar-refractivity contribution in [2.75, 3.05) is 0 Å². The van der Waals surface area contributed by atoms with Crippen molar-refractivity contribution in [2.24, 2.45) is 4.99 Å². The van der Waals surface area contributed by atoms with E-state index >= 15 is 0 Å². The van der Waals surface area contributed by atoms with Crippen LogP contribution in [0.15, 0.2) is 59.6 Å². The van der Waals surface area contributed by atoms with Crippen molar-refractivity contribution in [3.05, 3.63) is 82.7 Å². The van der Waals surface area contributed by atoms with Gasteiger partial charge in [0.05, 0.1) is 5.16 Å². The Kier molecular flexibility index (Phi) is 5.49. The van der Waals surface area contributed by atoms with Crippen LogP contribution in [0.3, 0.4) is 0 Å². The Morgan fingerprint density at radius 3 is 2.64 bits per heavy atom. The number of thiocarbonyl (C=S) groups is 1. The molecule has 2 aromatic carbocycles. The molecule has 25 heavy (non-hydrogen) atoms. The van der Waals surface area contributed by atoms with Gasteiger partial charge in [-0.1, -0.05) is 48.1 Å². The number of allylic oxidation sites excluding steroid dienone is 2. The quantitative estimate of drug-likeness (QED) is 0.247. The third kappa shape index (κ3) is 4.27. The molecule has 0 radical (unpaired) electrons. The SMILES string of the molecule is C=CCCC1=Cc2cc(/C=C/c3ccc(N=C=S)c(F)c3)ccc2C1. The minimum Gasteiger partial charge on any atom is -0.205 e. The van der Waals surface area contributed by atoms with Gasteiger partial charge in [0.2, 0.25) is 0 Å². The molecule has 0 bridgehead atoms. The van der Waals surface area contributed by atoms with Crippen LogP contribution < -0.4 is 0 Å². The molecule has 124 valence electrons. The van der Waals surface area contributed by atoms with Crippen LogP contribution in [0.1, 0.15) is 35.1 Å². The summed E-state index contributed by atoms with van der Waals surface area (Å²) in [7, 11) is 0. The van der Waals surface area contributed by atoms with Gasteiger partial charge in [-0.15, -0.1) is 6.58 Å². The van der Waals surface area contributed by atoms with Crippen molar-refractivity contribution in [1.82, 2.24) is 0 Å². The number of hydrogen-bond acceptors (Lipinski definition) is 2. The highest BCUT2D eigenvalue weighted by atomic mass is 32.1. The zero-order valence-corrected chi connectivity index (χ0v) is 14.7. The van der Waals surface area contributed by atoms with Gasteiger partial charge in [-0.25, -0.2) is 4.39 Å². The van der Waals surface area contributed by atoms with Crippen molar-refractivity contribution in [3.8, 4) is 0 Å². The summed E-state index contributed by atoms with van der Waals surface area (Å²) in [6, 6.07) is 11.3. The van der Waals surface area contributed by atoms with Crippen molar-refractivity contribution < 1.29 is 4.39 Å². The van der Waals surface area contributed by atoms with E-state index < -0.39 is 5.82 Å². The van der Waals surface area contributed by atoms with E-state index in [4.69, 9.17) is 0 Å². The van der Waals surface area contributed by atoms with E-state index in [0.717, 1.165) is 30.4 Å². The fourth-order valence-electron chi connectivity index (χ4n) is 2.94. The molecule has 1 aliphatic rings. The largest absolute Gasteiger partial charge is 0.205 e. The summed E-state index contributed by atoms with van der Waals surface area (Å²) in [5.41, 5.74) is 6.18. The molecule has 0 saturated carbocycles. The summed E-state index contributed by atoms with van der Waals surface area (Å²) in [6.07, 6.45) is 11.2. The van der Waals surface area contributed by atoms with E-state index in [1.807, 2.05) is 24.3 Å².